The molecule has 1 aromatic carbocycles. The fourth-order valence-corrected chi connectivity index (χ4v) is 5.67. The molecule has 2 fully saturated rings. The summed E-state index contributed by atoms with van der Waals surface area (Å²) in [5.41, 5.74) is 4.60. The van der Waals surface area contributed by atoms with E-state index < -0.39 is 0 Å². The van der Waals surface area contributed by atoms with Crippen LogP contribution in [0.5, 0.6) is 5.75 Å². The number of methoxy groups -OCH3 is 1. The fraction of sp³-hybridized carbons (Fsp3) is 0.591. The van der Waals surface area contributed by atoms with Crippen LogP contribution < -0.4 is 4.74 Å². The van der Waals surface area contributed by atoms with Gasteiger partial charge in [-0.1, -0.05) is 18.6 Å². The van der Waals surface area contributed by atoms with Gasteiger partial charge in [-0.25, -0.2) is 0 Å². The van der Waals surface area contributed by atoms with Gasteiger partial charge in [-0.3, -0.25) is 4.79 Å². The highest BCUT2D eigenvalue weighted by Crippen LogP contribution is 2.54. The maximum atomic E-state index is 13.0. The number of likely N-dealkylation sites (tertiary alicyclic amines) is 1. The van der Waals surface area contributed by atoms with E-state index in [1.807, 2.05) is 0 Å². The van der Waals surface area contributed by atoms with Crippen molar-refractivity contribution in [1.82, 2.24) is 4.90 Å². The quantitative estimate of drug-likeness (QED) is 0.764. The molecule has 3 aliphatic carbocycles. The highest BCUT2D eigenvalue weighted by molar-refractivity contribution is 5.81. The van der Waals surface area contributed by atoms with Crippen LogP contribution in [-0.4, -0.2) is 30.5 Å². The number of carbonyl (C=O) groups is 1. The molecule has 0 radical (unpaired) electrons. The van der Waals surface area contributed by atoms with E-state index in [1.165, 1.54) is 36.8 Å². The molecule has 0 aromatic heterocycles. The summed E-state index contributed by atoms with van der Waals surface area (Å²) in [6.07, 6.45) is 11.6. The number of ether oxygens (including phenoxy) is 1. The van der Waals surface area contributed by atoms with Gasteiger partial charge in [0.2, 0.25) is 5.91 Å². The van der Waals surface area contributed by atoms with Gasteiger partial charge in [-0.05, 0) is 73.8 Å². The molecule has 0 N–H and O–H groups in total. The van der Waals surface area contributed by atoms with Gasteiger partial charge in [0.1, 0.15) is 5.75 Å². The van der Waals surface area contributed by atoms with Crippen LogP contribution in [0.2, 0.25) is 0 Å². The van der Waals surface area contributed by atoms with E-state index in [1.54, 1.807) is 12.7 Å². The van der Waals surface area contributed by atoms with E-state index >= 15 is 0 Å². The van der Waals surface area contributed by atoms with E-state index in [0.717, 1.165) is 38.0 Å². The Bertz CT molecular complexity index is 748. The van der Waals surface area contributed by atoms with Gasteiger partial charge < -0.3 is 9.64 Å². The number of amides is 1. The number of benzene rings is 1. The zero-order chi connectivity index (χ0) is 17.0. The molecule has 2 atom stereocenters. The molecule has 2 bridgehead atoms. The standard InChI is InChI=1S/C22H27NO2/c1-25-17-9-8-16-13-20-18-7-2-3-10-22(18,19(16)14-17)11-12-23(20)21(24)15-5-4-6-15/h7-9,14-15,20H,2-6,10-13H2,1H3/t20-,22-/m1/s1. The minimum absolute atomic E-state index is 0.154. The third-order valence-electron chi connectivity index (χ3n) is 7.22. The lowest BCUT2D eigenvalue weighted by Gasteiger charge is -2.55. The first-order chi connectivity index (χ1) is 12.2. The van der Waals surface area contributed by atoms with E-state index in [4.69, 9.17) is 4.74 Å². The molecule has 1 saturated heterocycles. The van der Waals surface area contributed by atoms with Crippen LogP contribution in [0.4, 0.5) is 0 Å². The third kappa shape index (κ3) is 2.14. The lowest BCUT2D eigenvalue weighted by Crippen LogP contribution is -2.58. The van der Waals surface area contributed by atoms with Crippen molar-refractivity contribution in [3.8, 4) is 5.75 Å². The summed E-state index contributed by atoms with van der Waals surface area (Å²) in [6, 6.07) is 6.89. The van der Waals surface area contributed by atoms with Crippen LogP contribution in [0.15, 0.2) is 29.8 Å². The van der Waals surface area contributed by atoms with Crippen molar-refractivity contribution in [2.45, 2.75) is 62.8 Å². The number of hydrogen-bond donors (Lipinski definition) is 0. The summed E-state index contributed by atoms with van der Waals surface area (Å²) in [5.74, 6) is 1.69. The summed E-state index contributed by atoms with van der Waals surface area (Å²) in [4.78, 5) is 15.3. The topological polar surface area (TPSA) is 29.5 Å². The fourth-order valence-electron chi connectivity index (χ4n) is 5.67. The van der Waals surface area contributed by atoms with Crippen molar-refractivity contribution >= 4 is 5.91 Å². The zero-order valence-electron chi connectivity index (χ0n) is 15.1. The molecule has 1 aromatic rings. The van der Waals surface area contributed by atoms with Gasteiger partial charge in [-0.15, -0.1) is 0 Å². The van der Waals surface area contributed by atoms with E-state index in [2.05, 4.69) is 29.2 Å². The van der Waals surface area contributed by atoms with Crippen molar-refractivity contribution in [3.63, 3.8) is 0 Å². The molecule has 3 nitrogen and oxygen atoms in total. The Morgan fingerprint density at radius 1 is 1.24 bits per heavy atom. The van der Waals surface area contributed by atoms with Crippen LogP contribution in [-0.2, 0) is 16.6 Å². The summed E-state index contributed by atoms with van der Waals surface area (Å²) >= 11 is 0. The first-order valence-corrected chi connectivity index (χ1v) is 9.91. The highest BCUT2D eigenvalue weighted by Gasteiger charge is 2.51. The van der Waals surface area contributed by atoms with Gasteiger partial charge in [-0.2, -0.15) is 0 Å². The molecular formula is C22H27NO2. The molecule has 0 spiro atoms. The third-order valence-corrected chi connectivity index (χ3v) is 7.22. The summed E-state index contributed by atoms with van der Waals surface area (Å²) in [5, 5.41) is 0. The van der Waals surface area contributed by atoms with Crippen molar-refractivity contribution in [2.24, 2.45) is 5.92 Å². The van der Waals surface area contributed by atoms with Crippen molar-refractivity contribution in [1.29, 1.82) is 0 Å². The normalized spacial score (nSPS) is 30.7. The minimum Gasteiger partial charge on any atom is -0.497 e. The Labute approximate surface area is 150 Å². The minimum atomic E-state index is 0.154. The predicted octanol–water partition coefficient (Wildman–Crippen LogP) is 4.00. The van der Waals surface area contributed by atoms with Gasteiger partial charge in [0.25, 0.3) is 0 Å². The SMILES string of the molecule is COc1ccc2c(c1)[C@@]13CCCC=C1[C@@H](C2)N(C(=O)C1CCC1)CC3. The average molecular weight is 337 g/mol. The number of rotatable bonds is 2. The smallest absolute Gasteiger partial charge is 0.226 e. The Hall–Kier alpha value is -1.77. The number of carbonyl (C=O) groups excluding carboxylic acids is 1. The maximum absolute atomic E-state index is 13.0. The Morgan fingerprint density at radius 2 is 2.12 bits per heavy atom. The van der Waals surface area contributed by atoms with Crippen LogP contribution in [0, 0.1) is 5.92 Å². The number of hydrogen-bond acceptors (Lipinski definition) is 2. The maximum Gasteiger partial charge on any atom is 0.226 e. The second-order valence-electron chi connectivity index (χ2n) is 8.29. The Kier molecular flexibility index (Phi) is 3.48. The molecule has 1 saturated carbocycles. The predicted molar refractivity (Wildman–Crippen MR) is 97.8 cm³/mol. The molecule has 3 heteroatoms. The number of nitrogens with zero attached hydrogens (tertiary/aromatic N) is 1. The van der Waals surface area contributed by atoms with Crippen LogP contribution in [0.25, 0.3) is 0 Å². The van der Waals surface area contributed by atoms with Crippen molar-refractivity contribution in [3.05, 3.63) is 41.0 Å². The lowest BCUT2D eigenvalue weighted by atomic mass is 9.56. The van der Waals surface area contributed by atoms with Gasteiger partial charge in [0.15, 0.2) is 0 Å². The van der Waals surface area contributed by atoms with Gasteiger partial charge in [0.05, 0.1) is 13.2 Å². The highest BCUT2D eigenvalue weighted by atomic mass is 16.5. The second kappa shape index (κ2) is 5.62. The first kappa shape index (κ1) is 15.5. The number of allylic oxidation sites excluding steroid dienone is 1. The monoisotopic (exact) mass is 337 g/mol. The van der Waals surface area contributed by atoms with Gasteiger partial charge >= 0.3 is 0 Å². The van der Waals surface area contributed by atoms with Gasteiger partial charge in [0, 0.05) is 17.9 Å². The first-order valence-electron chi connectivity index (χ1n) is 9.91. The molecule has 1 heterocycles. The Balaban J connectivity index is 1.59. The molecule has 5 rings (SSSR count). The molecule has 4 aliphatic rings. The van der Waals surface area contributed by atoms with Crippen molar-refractivity contribution in [2.75, 3.05) is 13.7 Å². The van der Waals surface area contributed by atoms with E-state index in [0.29, 0.717) is 17.9 Å². The summed E-state index contributed by atoms with van der Waals surface area (Å²) < 4.78 is 5.52. The molecule has 132 valence electrons. The van der Waals surface area contributed by atoms with E-state index in [9.17, 15) is 4.79 Å². The van der Waals surface area contributed by atoms with E-state index in [-0.39, 0.29) is 5.41 Å². The molecule has 25 heavy (non-hydrogen) atoms. The van der Waals surface area contributed by atoms with Crippen LogP contribution in [0.3, 0.4) is 0 Å². The molecular weight excluding hydrogens is 310 g/mol. The zero-order valence-corrected chi connectivity index (χ0v) is 15.1. The van der Waals surface area contributed by atoms with Crippen LogP contribution >= 0.6 is 0 Å². The average Bonchev–Trinajstić information content (AvgIpc) is 2.60. The summed E-state index contributed by atoms with van der Waals surface area (Å²) in [7, 11) is 1.75. The second-order valence-corrected chi connectivity index (χ2v) is 8.29. The molecule has 1 aliphatic heterocycles. The van der Waals surface area contributed by atoms with Crippen LogP contribution in [0.1, 0.15) is 56.1 Å². The summed E-state index contributed by atoms with van der Waals surface area (Å²) in [6.45, 7) is 0.925. The number of piperidine rings is 1. The Morgan fingerprint density at radius 3 is 2.88 bits per heavy atom. The molecule has 0 unspecified atom stereocenters. The number of fused-ring (bicyclic) bond motifs is 1. The largest absolute Gasteiger partial charge is 0.497 e. The van der Waals surface area contributed by atoms with Crippen molar-refractivity contribution < 1.29 is 9.53 Å². The lowest BCUT2D eigenvalue weighted by molar-refractivity contribution is -0.141. The molecule has 1 amide bonds.